The van der Waals surface area contributed by atoms with Gasteiger partial charge in [0.15, 0.2) is 17.2 Å². The van der Waals surface area contributed by atoms with Gasteiger partial charge in [-0.05, 0) is 43.5 Å². The Morgan fingerprint density at radius 2 is 1.77 bits per heavy atom. The molecule has 2 aromatic rings. The van der Waals surface area contributed by atoms with Crippen molar-refractivity contribution in [2.45, 2.75) is 45.3 Å². The third kappa shape index (κ3) is 4.67. The lowest BCUT2D eigenvalue weighted by atomic mass is 9.89. The summed E-state index contributed by atoms with van der Waals surface area (Å²) in [5.41, 5.74) is 1.56. The van der Waals surface area contributed by atoms with E-state index in [0.717, 1.165) is 31.6 Å². The van der Waals surface area contributed by atoms with Gasteiger partial charge in [0.1, 0.15) is 0 Å². The van der Waals surface area contributed by atoms with Crippen molar-refractivity contribution in [3.63, 3.8) is 0 Å². The summed E-state index contributed by atoms with van der Waals surface area (Å²) in [4.78, 5) is 15.4. The van der Waals surface area contributed by atoms with E-state index in [0.29, 0.717) is 35.8 Å². The molecule has 1 atom stereocenters. The zero-order chi connectivity index (χ0) is 21.8. The largest absolute Gasteiger partial charge is 0.490 e. The maximum absolute atomic E-state index is 15.9. The molecule has 5 heteroatoms. The van der Waals surface area contributed by atoms with Crippen LogP contribution < -0.4 is 9.47 Å². The molecule has 0 bridgehead atoms. The van der Waals surface area contributed by atoms with Gasteiger partial charge < -0.3 is 9.47 Å². The molecule has 4 rings (SSSR count). The van der Waals surface area contributed by atoms with Crippen LogP contribution in [0.1, 0.15) is 48.2 Å². The Morgan fingerprint density at radius 1 is 1.06 bits per heavy atom. The van der Waals surface area contributed by atoms with Gasteiger partial charge in [-0.1, -0.05) is 42.0 Å². The van der Waals surface area contributed by atoms with Crippen molar-refractivity contribution >= 4 is 5.78 Å². The smallest absolute Gasteiger partial charge is 0.201 e. The van der Waals surface area contributed by atoms with E-state index in [1.165, 1.54) is 5.56 Å². The van der Waals surface area contributed by atoms with E-state index in [1.807, 2.05) is 32.0 Å². The maximum Gasteiger partial charge on any atom is 0.201 e. The summed E-state index contributed by atoms with van der Waals surface area (Å²) in [7, 11) is 0. The highest BCUT2D eigenvalue weighted by atomic mass is 19.1. The predicted octanol–water partition coefficient (Wildman–Crippen LogP) is 5.15. The summed E-state index contributed by atoms with van der Waals surface area (Å²) in [5, 5.41) is 0. The molecular formula is C26H30FNO3. The molecule has 0 radical (unpaired) electrons. The molecule has 0 fully saturated rings. The SMILES string of the molecule is CCOc1cc2c(cc1OCC)C(=O)C(F)(CC1=CCN(Cc3ccccc3)CC1)C2. The molecule has 164 valence electrons. The van der Waals surface area contributed by atoms with E-state index < -0.39 is 11.5 Å². The molecule has 0 aromatic heterocycles. The zero-order valence-electron chi connectivity index (χ0n) is 18.3. The minimum atomic E-state index is -1.88. The zero-order valence-corrected chi connectivity index (χ0v) is 18.3. The predicted molar refractivity (Wildman–Crippen MR) is 120 cm³/mol. The van der Waals surface area contributed by atoms with Crippen molar-refractivity contribution in [2.24, 2.45) is 0 Å². The molecule has 2 aromatic carbocycles. The van der Waals surface area contributed by atoms with Crippen LogP contribution in [0, 0.1) is 0 Å². The monoisotopic (exact) mass is 423 g/mol. The van der Waals surface area contributed by atoms with Crippen LogP contribution in [0.15, 0.2) is 54.1 Å². The van der Waals surface area contributed by atoms with E-state index in [9.17, 15) is 4.79 Å². The first-order valence-electron chi connectivity index (χ1n) is 11.1. The highest BCUT2D eigenvalue weighted by Crippen LogP contribution is 2.43. The van der Waals surface area contributed by atoms with E-state index in [1.54, 1.807) is 12.1 Å². The van der Waals surface area contributed by atoms with Crippen molar-refractivity contribution in [1.82, 2.24) is 4.90 Å². The molecular weight excluding hydrogens is 393 g/mol. The molecule has 0 saturated heterocycles. The molecule has 0 spiro atoms. The summed E-state index contributed by atoms with van der Waals surface area (Å²) >= 11 is 0. The van der Waals surface area contributed by atoms with Gasteiger partial charge in [0.2, 0.25) is 5.78 Å². The first-order chi connectivity index (χ1) is 15.0. The van der Waals surface area contributed by atoms with Crippen molar-refractivity contribution < 1.29 is 18.7 Å². The van der Waals surface area contributed by atoms with Gasteiger partial charge in [-0.25, -0.2) is 4.39 Å². The minimum absolute atomic E-state index is 0.0959. The Kier molecular flexibility index (Phi) is 6.42. The standard InChI is InChI=1S/C26H30FNO3/c1-3-30-23-14-21-17-26(27,25(29)22(21)15-24(23)31-4-2)16-19-10-12-28(13-11-19)18-20-8-6-5-7-9-20/h5-10,14-15H,3-4,11-13,16-18H2,1-2H3. The van der Waals surface area contributed by atoms with E-state index in [2.05, 4.69) is 23.1 Å². The Morgan fingerprint density at radius 3 is 2.42 bits per heavy atom. The van der Waals surface area contributed by atoms with Gasteiger partial charge in [-0.15, -0.1) is 0 Å². The van der Waals surface area contributed by atoms with Crippen LogP contribution in [-0.2, 0) is 13.0 Å². The Labute approximate surface area is 183 Å². The Hall–Kier alpha value is -2.66. The average molecular weight is 424 g/mol. The highest BCUT2D eigenvalue weighted by Gasteiger charge is 2.47. The summed E-state index contributed by atoms with van der Waals surface area (Å²) < 4.78 is 27.2. The molecule has 1 aliphatic carbocycles. The van der Waals surface area contributed by atoms with Crippen LogP contribution in [0.3, 0.4) is 0 Å². The van der Waals surface area contributed by atoms with Crippen LogP contribution in [0.2, 0.25) is 0 Å². The first-order valence-corrected chi connectivity index (χ1v) is 11.1. The van der Waals surface area contributed by atoms with Gasteiger partial charge in [0, 0.05) is 38.0 Å². The number of ketones is 1. The Balaban J connectivity index is 1.45. The second-order valence-corrected chi connectivity index (χ2v) is 8.30. The molecule has 0 amide bonds. The van der Waals surface area contributed by atoms with Crippen molar-refractivity contribution in [2.75, 3.05) is 26.3 Å². The molecule has 2 aliphatic rings. The van der Waals surface area contributed by atoms with Crippen molar-refractivity contribution in [3.8, 4) is 11.5 Å². The van der Waals surface area contributed by atoms with Gasteiger partial charge in [-0.3, -0.25) is 9.69 Å². The van der Waals surface area contributed by atoms with Crippen LogP contribution in [0.5, 0.6) is 11.5 Å². The molecule has 1 heterocycles. The molecule has 4 nitrogen and oxygen atoms in total. The highest BCUT2D eigenvalue weighted by molar-refractivity contribution is 6.07. The molecule has 0 N–H and O–H groups in total. The van der Waals surface area contributed by atoms with Gasteiger partial charge in [0.25, 0.3) is 0 Å². The summed E-state index contributed by atoms with van der Waals surface area (Å²) in [6.07, 6.45) is 3.14. The maximum atomic E-state index is 15.9. The van der Waals surface area contributed by atoms with E-state index >= 15 is 4.39 Å². The topological polar surface area (TPSA) is 38.8 Å². The number of carbonyl (C=O) groups excluding carboxylic acids is 1. The molecule has 1 unspecified atom stereocenters. The lowest BCUT2D eigenvalue weighted by molar-refractivity contribution is 0.0716. The van der Waals surface area contributed by atoms with Crippen LogP contribution >= 0.6 is 0 Å². The normalized spacial score (nSPS) is 21.0. The van der Waals surface area contributed by atoms with Gasteiger partial charge >= 0.3 is 0 Å². The third-order valence-corrected chi connectivity index (χ3v) is 6.04. The number of benzene rings is 2. The Bertz CT molecular complexity index is 972. The number of carbonyl (C=O) groups is 1. The average Bonchev–Trinajstić information content (AvgIpc) is 3.00. The lowest BCUT2D eigenvalue weighted by Crippen LogP contribution is -2.34. The number of alkyl halides is 1. The lowest BCUT2D eigenvalue weighted by Gasteiger charge is -2.28. The van der Waals surface area contributed by atoms with Crippen molar-refractivity contribution in [1.29, 1.82) is 0 Å². The van der Waals surface area contributed by atoms with Crippen LogP contribution in [0.25, 0.3) is 0 Å². The first kappa shape index (κ1) is 21.6. The fraction of sp³-hybridized carbons (Fsp3) is 0.423. The number of ether oxygens (including phenoxy) is 2. The number of nitrogens with zero attached hydrogens (tertiary/aromatic N) is 1. The quantitative estimate of drug-likeness (QED) is 0.550. The van der Waals surface area contributed by atoms with E-state index in [4.69, 9.17) is 9.47 Å². The number of rotatable bonds is 8. The third-order valence-electron chi connectivity index (χ3n) is 6.04. The molecule has 31 heavy (non-hydrogen) atoms. The van der Waals surface area contributed by atoms with Crippen LogP contribution in [0.4, 0.5) is 4.39 Å². The number of hydrogen-bond acceptors (Lipinski definition) is 4. The number of hydrogen-bond donors (Lipinski definition) is 0. The molecule has 1 aliphatic heterocycles. The summed E-state index contributed by atoms with van der Waals surface area (Å²) in [6, 6.07) is 13.8. The number of fused-ring (bicyclic) bond motifs is 1. The van der Waals surface area contributed by atoms with Crippen molar-refractivity contribution in [3.05, 3.63) is 70.8 Å². The van der Waals surface area contributed by atoms with Gasteiger partial charge in [-0.2, -0.15) is 0 Å². The van der Waals surface area contributed by atoms with Crippen LogP contribution in [-0.4, -0.2) is 42.7 Å². The summed E-state index contributed by atoms with van der Waals surface area (Å²) in [6.45, 7) is 7.26. The fourth-order valence-electron chi connectivity index (χ4n) is 4.52. The number of halogens is 1. The van der Waals surface area contributed by atoms with Gasteiger partial charge in [0.05, 0.1) is 13.2 Å². The van der Waals surface area contributed by atoms with E-state index in [-0.39, 0.29) is 12.8 Å². The molecule has 0 saturated carbocycles. The number of Topliss-reactive ketones (excluding diaryl/α,β-unsaturated/α-hetero) is 1. The minimum Gasteiger partial charge on any atom is -0.490 e. The fourth-order valence-corrected chi connectivity index (χ4v) is 4.52. The summed E-state index contributed by atoms with van der Waals surface area (Å²) in [5.74, 6) is 0.654. The second-order valence-electron chi connectivity index (χ2n) is 8.30. The second kappa shape index (κ2) is 9.23.